The summed E-state index contributed by atoms with van der Waals surface area (Å²) in [6.07, 6.45) is 0. The van der Waals surface area contributed by atoms with Crippen molar-refractivity contribution in [2.24, 2.45) is 0 Å². The number of aliphatic carboxylic acids is 1. The van der Waals surface area contributed by atoms with Gasteiger partial charge in [-0.3, -0.25) is 9.59 Å². The van der Waals surface area contributed by atoms with Gasteiger partial charge in [0.15, 0.2) is 0 Å². The lowest BCUT2D eigenvalue weighted by Gasteiger charge is -2.09. The highest BCUT2D eigenvalue weighted by Gasteiger charge is 2.14. The molecule has 0 radical (unpaired) electrons. The van der Waals surface area contributed by atoms with Crippen molar-refractivity contribution in [3.05, 3.63) is 46.8 Å². The number of rotatable bonds is 9. The average molecular weight is 380 g/mol. The number of hydrogen-bond acceptors (Lipinski definition) is 6. The van der Waals surface area contributed by atoms with Gasteiger partial charge in [0.2, 0.25) is 0 Å². The van der Waals surface area contributed by atoms with Crippen LogP contribution in [0.25, 0.3) is 0 Å². The lowest BCUT2D eigenvalue weighted by molar-refractivity contribution is -0.133. The highest BCUT2D eigenvalue weighted by molar-refractivity contribution is 7.99. The SMILES string of the molecule is Cc1noc(C)c1CSc1ccccc1C(=O)NCCSCC(=O)O. The van der Waals surface area contributed by atoms with E-state index in [1.54, 1.807) is 17.8 Å². The minimum absolute atomic E-state index is 0.0414. The number of nitrogens with zero attached hydrogens (tertiary/aromatic N) is 1. The second-order valence-corrected chi connectivity index (χ2v) is 7.41. The third-order valence-electron chi connectivity index (χ3n) is 3.44. The van der Waals surface area contributed by atoms with Crippen molar-refractivity contribution in [3.8, 4) is 0 Å². The van der Waals surface area contributed by atoms with Crippen LogP contribution in [0, 0.1) is 13.8 Å². The molecule has 6 nitrogen and oxygen atoms in total. The molecule has 25 heavy (non-hydrogen) atoms. The molecule has 8 heteroatoms. The van der Waals surface area contributed by atoms with Gasteiger partial charge in [0.25, 0.3) is 5.91 Å². The highest BCUT2D eigenvalue weighted by Crippen LogP contribution is 2.28. The van der Waals surface area contributed by atoms with Crippen LogP contribution in [0.4, 0.5) is 0 Å². The summed E-state index contributed by atoms with van der Waals surface area (Å²) < 4.78 is 5.17. The van der Waals surface area contributed by atoms with E-state index in [1.165, 1.54) is 11.8 Å². The first-order chi connectivity index (χ1) is 12.0. The van der Waals surface area contributed by atoms with Gasteiger partial charge in [-0.25, -0.2) is 0 Å². The Balaban J connectivity index is 1.93. The lowest BCUT2D eigenvalue weighted by Crippen LogP contribution is -2.26. The van der Waals surface area contributed by atoms with E-state index < -0.39 is 5.97 Å². The van der Waals surface area contributed by atoms with Crippen LogP contribution in [0.1, 0.15) is 27.4 Å². The second kappa shape index (κ2) is 9.53. The normalized spacial score (nSPS) is 10.6. The number of amides is 1. The molecule has 2 aromatic rings. The number of benzene rings is 1. The molecule has 0 saturated carbocycles. The topological polar surface area (TPSA) is 92.4 Å². The van der Waals surface area contributed by atoms with E-state index in [-0.39, 0.29) is 11.7 Å². The molecule has 2 rings (SSSR count). The number of thioether (sulfide) groups is 2. The summed E-state index contributed by atoms with van der Waals surface area (Å²) in [6.45, 7) is 4.21. The second-order valence-electron chi connectivity index (χ2n) is 5.29. The van der Waals surface area contributed by atoms with Crippen molar-refractivity contribution >= 4 is 35.4 Å². The molecule has 1 amide bonds. The number of carboxylic acid groups (broad SMARTS) is 1. The average Bonchev–Trinajstić information content (AvgIpc) is 2.90. The van der Waals surface area contributed by atoms with Gasteiger partial charge in [0.05, 0.1) is 17.0 Å². The minimum Gasteiger partial charge on any atom is -0.481 e. The molecule has 0 aliphatic heterocycles. The van der Waals surface area contributed by atoms with Gasteiger partial charge in [-0.2, -0.15) is 0 Å². The Hall–Kier alpha value is -1.93. The van der Waals surface area contributed by atoms with Crippen molar-refractivity contribution < 1.29 is 19.2 Å². The number of aromatic nitrogens is 1. The van der Waals surface area contributed by atoms with E-state index in [9.17, 15) is 9.59 Å². The number of carbonyl (C=O) groups is 2. The minimum atomic E-state index is -0.850. The summed E-state index contributed by atoms with van der Waals surface area (Å²) in [6, 6.07) is 7.43. The lowest BCUT2D eigenvalue weighted by atomic mass is 10.2. The van der Waals surface area contributed by atoms with Crippen LogP contribution in [-0.4, -0.2) is 40.2 Å². The maximum Gasteiger partial charge on any atom is 0.313 e. The van der Waals surface area contributed by atoms with Gasteiger partial charge < -0.3 is 14.9 Å². The Bertz CT molecular complexity index is 726. The van der Waals surface area contributed by atoms with Crippen LogP contribution in [0.15, 0.2) is 33.7 Å². The zero-order valence-corrected chi connectivity index (χ0v) is 15.7. The predicted octanol–water partition coefficient (Wildman–Crippen LogP) is 3.13. The predicted molar refractivity (Wildman–Crippen MR) is 99.3 cm³/mol. The Morgan fingerprint density at radius 2 is 2.04 bits per heavy atom. The van der Waals surface area contributed by atoms with E-state index in [2.05, 4.69) is 10.5 Å². The Morgan fingerprint density at radius 1 is 1.28 bits per heavy atom. The summed E-state index contributed by atoms with van der Waals surface area (Å²) >= 11 is 2.84. The first-order valence-electron chi connectivity index (χ1n) is 7.70. The zero-order valence-electron chi connectivity index (χ0n) is 14.1. The highest BCUT2D eigenvalue weighted by atomic mass is 32.2. The third kappa shape index (κ3) is 5.82. The largest absolute Gasteiger partial charge is 0.481 e. The van der Waals surface area contributed by atoms with E-state index >= 15 is 0 Å². The van der Waals surface area contributed by atoms with Crippen LogP contribution in [0.3, 0.4) is 0 Å². The van der Waals surface area contributed by atoms with Crippen molar-refractivity contribution in [2.45, 2.75) is 24.5 Å². The molecule has 1 aromatic heterocycles. The molecule has 0 atom stereocenters. The maximum absolute atomic E-state index is 12.4. The van der Waals surface area contributed by atoms with Crippen LogP contribution >= 0.6 is 23.5 Å². The summed E-state index contributed by atoms with van der Waals surface area (Å²) in [7, 11) is 0. The van der Waals surface area contributed by atoms with Crippen LogP contribution in [0.5, 0.6) is 0 Å². The summed E-state index contributed by atoms with van der Waals surface area (Å²) in [5, 5.41) is 15.4. The fourth-order valence-corrected chi connectivity index (χ4v) is 3.90. The molecular formula is C17H20N2O4S2. The number of carbonyl (C=O) groups excluding carboxylic acids is 1. The molecular weight excluding hydrogens is 360 g/mol. The van der Waals surface area contributed by atoms with Gasteiger partial charge >= 0.3 is 5.97 Å². The van der Waals surface area contributed by atoms with E-state index in [1.807, 2.05) is 32.0 Å². The van der Waals surface area contributed by atoms with Crippen LogP contribution in [-0.2, 0) is 10.5 Å². The molecule has 1 aromatic carbocycles. The van der Waals surface area contributed by atoms with Gasteiger partial charge in [-0.15, -0.1) is 23.5 Å². The van der Waals surface area contributed by atoms with E-state index in [4.69, 9.17) is 9.63 Å². The molecule has 0 spiro atoms. The van der Waals surface area contributed by atoms with Crippen LogP contribution < -0.4 is 5.32 Å². The van der Waals surface area contributed by atoms with Gasteiger partial charge in [0, 0.05) is 28.5 Å². The van der Waals surface area contributed by atoms with Crippen molar-refractivity contribution in [1.82, 2.24) is 10.5 Å². The Labute approximate surface area is 154 Å². The number of aryl methyl sites for hydroxylation is 2. The third-order valence-corrected chi connectivity index (χ3v) is 5.49. The van der Waals surface area contributed by atoms with Crippen molar-refractivity contribution in [3.63, 3.8) is 0 Å². The first-order valence-corrected chi connectivity index (χ1v) is 9.84. The van der Waals surface area contributed by atoms with Crippen LogP contribution in [0.2, 0.25) is 0 Å². The molecule has 134 valence electrons. The van der Waals surface area contributed by atoms with E-state index in [0.29, 0.717) is 23.6 Å². The Kier molecular flexibility index (Phi) is 7.39. The quantitative estimate of drug-likeness (QED) is 0.510. The fourth-order valence-electron chi connectivity index (χ4n) is 2.13. The molecule has 0 unspecified atom stereocenters. The summed E-state index contributed by atoms with van der Waals surface area (Å²) in [5.41, 5.74) is 2.52. The van der Waals surface area contributed by atoms with Gasteiger partial charge in [-0.05, 0) is 26.0 Å². The molecule has 2 N–H and O–H groups in total. The molecule has 0 saturated heterocycles. The Morgan fingerprint density at radius 3 is 2.72 bits per heavy atom. The summed E-state index contributed by atoms with van der Waals surface area (Å²) in [5.74, 6) is 1.07. The molecule has 0 bridgehead atoms. The monoisotopic (exact) mass is 380 g/mol. The molecule has 0 aliphatic carbocycles. The van der Waals surface area contributed by atoms with E-state index in [0.717, 1.165) is 21.9 Å². The van der Waals surface area contributed by atoms with Crippen molar-refractivity contribution in [1.29, 1.82) is 0 Å². The molecule has 0 aliphatic rings. The van der Waals surface area contributed by atoms with Gasteiger partial charge in [0.1, 0.15) is 5.76 Å². The van der Waals surface area contributed by atoms with Gasteiger partial charge in [-0.1, -0.05) is 17.3 Å². The standard InChI is InChI=1S/C17H20N2O4S2/c1-11-14(12(2)23-19-11)9-25-15-6-4-3-5-13(15)17(22)18-7-8-24-10-16(20)21/h3-6H,7-10H2,1-2H3,(H,18,22)(H,20,21). The molecule has 0 fully saturated rings. The zero-order chi connectivity index (χ0) is 18.2. The number of hydrogen-bond donors (Lipinski definition) is 2. The number of nitrogens with one attached hydrogen (secondary N) is 1. The number of carboxylic acids is 1. The maximum atomic E-state index is 12.4. The smallest absolute Gasteiger partial charge is 0.313 e. The van der Waals surface area contributed by atoms with Crippen molar-refractivity contribution in [2.75, 3.05) is 18.1 Å². The fraction of sp³-hybridized carbons (Fsp3) is 0.353. The summed E-state index contributed by atoms with van der Waals surface area (Å²) in [4.78, 5) is 23.7. The molecule has 1 heterocycles. The first kappa shape index (κ1) is 19.4.